The number of rotatable bonds is 2. The van der Waals surface area contributed by atoms with Gasteiger partial charge in [0.2, 0.25) is 0 Å². The fourth-order valence-electron chi connectivity index (χ4n) is 2.90. The highest BCUT2D eigenvalue weighted by atomic mass is 32.1. The van der Waals surface area contributed by atoms with Gasteiger partial charge < -0.3 is 0 Å². The lowest BCUT2D eigenvalue weighted by Crippen LogP contribution is -2.11. The van der Waals surface area contributed by atoms with E-state index in [-0.39, 0.29) is 11.7 Å². The number of aromatic nitrogens is 1. The second-order valence-corrected chi connectivity index (χ2v) is 6.32. The van der Waals surface area contributed by atoms with Crippen molar-refractivity contribution in [1.29, 1.82) is 0 Å². The summed E-state index contributed by atoms with van der Waals surface area (Å²) in [4.78, 5) is 17.0. The van der Waals surface area contributed by atoms with Crippen LogP contribution in [0.1, 0.15) is 20.9 Å². The molecule has 2 nitrogen and oxygen atoms in total. The van der Waals surface area contributed by atoms with Crippen molar-refractivity contribution in [1.82, 2.24) is 4.98 Å². The van der Waals surface area contributed by atoms with Gasteiger partial charge in [-0.15, -0.1) is 11.3 Å². The van der Waals surface area contributed by atoms with Crippen LogP contribution in [0.2, 0.25) is 0 Å². The van der Waals surface area contributed by atoms with Crippen LogP contribution in [0.5, 0.6) is 0 Å². The van der Waals surface area contributed by atoms with Gasteiger partial charge in [0.25, 0.3) is 0 Å². The molecule has 3 heteroatoms. The Kier molecular flexibility index (Phi) is 2.67. The minimum Gasteiger partial charge on any atom is -0.294 e. The predicted octanol–water partition coefficient (Wildman–Crippen LogP) is 3.89. The molecule has 1 unspecified atom stereocenters. The van der Waals surface area contributed by atoms with Gasteiger partial charge in [0.1, 0.15) is 0 Å². The van der Waals surface area contributed by atoms with Crippen LogP contribution >= 0.6 is 11.3 Å². The molecular formula is C17H13NOS. The van der Waals surface area contributed by atoms with Crippen molar-refractivity contribution in [3.05, 3.63) is 64.7 Å². The van der Waals surface area contributed by atoms with E-state index in [1.165, 1.54) is 10.3 Å². The number of carbonyl (C=O) groups excluding carboxylic acids is 1. The van der Waals surface area contributed by atoms with Crippen LogP contribution in [-0.4, -0.2) is 10.8 Å². The molecule has 0 saturated carbocycles. The summed E-state index contributed by atoms with van der Waals surface area (Å²) in [5, 5.41) is 1.07. The number of benzene rings is 2. The Morgan fingerprint density at radius 1 is 1.10 bits per heavy atom. The highest BCUT2D eigenvalue weighted by Crippen LogP contribution is 2.31. The lowest BCUT2D eigenvalue weighted by Gasteiger charge is -2.03. The van der Waals surface area contributed by atoms with E-state index >= 15 is 0 Å². The van der Waals surface area contributed by atoms with Gasteiger partial charge in [-0.3, -0.25) is 4.79 Å². The minimum atomic E-state index is 0.0629. The van der Waals surface area contributed by atoms with E-state index in [2.05, 4.69) is 17.1 Å². The average molecular weight is 279 g/mol. The molecule has 0 spiro atoms. The van der Waals surface area contributed by atoms with Crippen LogP contribution in [0.25, 0.3) is 10.2 Å². The first kappa shape index (κ1) is 11.8. The minimum absolute atomic E-state index is 0.0629. The summed E-state index contributed by atoms with van der Waals surface area (Å²) in [6, 6.07) is 16.1. The number of carbonyl (C=O) groups is 1. The molecule has 1 aliphatic rings. The zero-order valence-corrected chi connectivity index (χ0v) is 11.7. The van der Waals surface area contributed by atoms with Crippen LogP contribution in [-0.2, 0) is 12.8 Å². The molecule has 3 aromatic rings. The fourth-order valence-corrected chi connectivity index (χ4v) is 3.95. The monoisotopic (exact) mass is 279 g/mol. The van der Waals surface area contributed by atoms with Crippen molar-refractivity contribution >= 4 is 27.3 Å². The number of Topliss-reactive ketones (excluding diaryl/α,β-unsaturated/α-hetero) is 1. The van der Waals surface area contributed by atoms with Gasteiger partial charge >= 0.3 is 0 Å². The summed E-state index contributed by atoms with van der Waals surface area (Å²) in [5.74, 6) is 0.341. The fraction of sp³-hybridized carbons (Fsp3) is 0.176. The highest BCUT2D eigenvalue weighted by Gasteiger charge is 2.30. The quantitative estimate of drug-likeness (QED) is 0.712. The molecule has 1 aliphatic carbocycles. The molecular weight excluding hydrogens is 266 g/mol. The van der Waals surface area contributed by atoms with E-state index in [9.17, 15) is 4.79 Å². The Hall–Kier alpha value is -2.00. The van der Waals surface area contributed by atoms with Crippen LogP contribution in [0.15, 0.2) is 48.5 Å². The molecule has 20 heavy (non-hydrogen) atoms. The molecule has 0 bridgehead atoms. The third-order valence-electron chi connectivity index (χ3n) is 3.88. The Bertz CT molecular complexity index is 772. The van der Waals surface area contributed by atoms with E-state index in [0.29, 0.717) is 0 Å². The first-order chi connectivity index (χ1) is 9.81. The van der Waals surface area contributed by atoms with E-state index in [0.717, 1.165) is 28.9 Å². The van der Waals surface area contributed by atoms with Gasteiger partial charge in [-0.1, -0.05) is 36.4 Å². The summed E-state index contributed by atoms with van der Waals surface area (Å²) in [5.41, 5.74) is 3.12. The summed E-state index contributed by atoms with van der Waals surface area (Å²) in [6.07, 6.45) is 1.61. The molecule has 0 N–H and O–H groups in total. The summed E-state index contributed by atoms with van der Waals surface area (Å²) >= 11 is 1.70. The van der Waals surface area contributed by atoms with E-state index in [1.54, 1.807) is 11.3 Å². The third kappa shape index (κ3) is 1.86. The Morgan fingerprint density at radius 3 is 2.75 bits per heavy atom. The van der Waals surface area contributed by atoms with E-state index in [1.807, 2.05) is 36.4 Å². The third-order valence-corrected chi connectivity index (χ3v) is 4.94. The lowest BCUT2D eigenvalue weighted by atomic mass is 10.0. The molecule has 4 rings (SSSR count). The number of nitrogens with zero attached hydrogens (tertiary/aromatic N) is 1. The summed E-state index contributed by atoms with van der Waals surface area (Å²) < 4.78 is 1.20. The van der Waals surface area contributed by atoms with E-state index < -0.39 is 0 Å². The number of fused-ring (bicyclic) bond motifs is 2. The number of hydrogen-bond acceptors (Lipinski definition) is 3. The predicted molar refractivity (Wildman–Crippen MR) is 81.3 cm³/mol. The van der Waals surface area contributed by atoms with Crippen molar-refractivity contribution in [3.8, 4) is 0 Å². The van der Waals surface area contributed by atoms with Crippen molar-refractivity contribution in [2.45, 2.75) is 12.8 Å². The number of hydrogen-bond donors (Lipinski definition) is 0. The standard InChI is InChI=1S/C17H13NOS/c19-17-12(9-11-5-1-2-6-13(11)17)10-16-18-14-7-3-4-8-15(14)20-16/h1-8,12H,9-10H2. The Balaban J connectivity index is 1.63. The molecule has 98 valence electrons. The van der Waals surface area contributed by atoms with Crippen LogP contribution in [0, 0.1) is 5.92 Å². The van der Waals surface area contributed by atoms with Gasteiger partial charge in [-0.05, 0) is 24.1 Å². The molecule has 0 aliphatic heterocycles. The molecule has 1 atom stereocenters. The molecule has 0 amide bonds. The normalized spacial score (nSPS) is 17.6. The van der Waals surface area contributed by atoms with Gasteiger partial charge in [0, 0.05) is 17.9 Å². The largest absolute Gasteiger partial charge is 0.294 e. The first-order valence-electron chi connectivity index (χ1n) is 6.78. The molecule has 0 saturated heterocycles. The van der Waals surface area contributed by atoms with Crippen LogP contribution in [0.4, 0.5) is 0 Å². The maximum Gasteiger partial charge on any atom is 0.166 e. The molecule has 0 radical (unpaired) electrons. The Labute approximate surface area is 121 Å². The first-order valence-corrected chi connectivity index (χ1v) is 7.59. The molecule has 2 aromatic carbocycles. The second-order valence-electron chi connectivity index (χ2n) is 5.20. The van der Waals surface area contributed by atoms with Gasteiger partial charge in [-0.25, -0.2) is 4.98 Å². The van der Waals surface area contributed by atoms with Gasteiger partial charge in [0.05, 0.1) is 15.2 Å². The summed E-state index contributed by atoms with van der Waals surface area (Å²) in [7, 11) is 0. The molecule has 1 aromatic heterocycles. The maximum atomic E-state index is 12.4. The van der Waals surface area contributed by atoms with Crippen LogP contribution in [0.3, 0.4) is 0 Å². The average Bonchev–Trinajstić information content (AvgIpc) is 3.01. The van der Waals surface area contributed by atoms with E-state index in [4.69, 9.17) is 0 Å². The second kappa shape index (κ2) is 4.53. The number of ketones is 1. The highest BCUT2D eigenvalue weighted by molar-refractivity contribution is 7.18. The van der Waals surface area contributed by atoms with Gasteiger partial charge in [0.15, 0.2) is 5.78 Å². The van der Waals surface area contributed by atoms with Crippen molar-refractivity contribution in [3.63, 3.8) is 0 Å². The number of thiazole rings is 1. The summed E-state index contributed by atoms with van der Waals surface area (Å²) in [6.45, 7) is 0. The smallest absolute Gasteiger partial charge is 0.166 e. The zero-order chi connectivity index (χ0) is 13.5. The van der Waals surface area contributed by atoms with Gasteiger partial charge in [-0.2, -0.15) is 0 Å². The SMILES string of the molecule is O=C1c2ccccc2CC1Cc1nc2ccccc2s1. The van der Waals surface area contributed by atoms with Crippen molar-refractivity contribution in [2.75, 3.05) is 0 Å². The van der Waals surface area contributed by atoms with Crippen molar-refractivity contribution in [2.24, 2.45) is 5.92 Å². The Morgan fingerprint density at radius 2 is 1.90 bits per heavy atom. The number of para-hydroxylation sites is 1. The topological polar surface area (TPSA) is 30.0 Å². The lowest BCUT2D eigenvalue weighted by molar-refractivity contribution is 0.0936. The van der Waals surface area contributed by atoms with Crippen LogP contribution < -0.4 is 0 Å². The maximum absolute atomic E-state index is 12.4. The molecule has 0 fully saturated rings. The molecule has 1 heterocycles. The van der Waals surface area contributed by atoms with Crippen molar-refractivity contribution < 1.29 is 4.79 Å². The zero-order valence-electron chi connectivity index (χ0n) is 10.9.